The Morgan fingerprint density at radius 3 is 2.71 bits per heavy atom. The predicted octanol–water partition coefficient (Wildman–Crippen LogP) is 2.47. The number of aromatic nitrogens is 3. The van der Waals surface area contributed by atoms with Gasteiger partial charge in [0.2, 0.25) is 0 Å². The van der Waals surface area contributed by atoms with Gasteiger partial charge in [0.25, 0.3) is 0 Å². The van der Waals surface area contributed by atoms with E-state index in [4.69, 9.17) is 23.2 Å². The second-order valence-corrected chi connectivity index (χ2v) is 6.13. The summed E-state index contributed by atoms with van der Waals surface area (Å²) >= 11 is 12.2. The smallest absolute Gasteiger partial charge is 0.137 e. The maximum Gasteiger partial charge on any atom is 0.137 e. The summed E-state index contributed by atoms with van der Waals surface area (Å²) in [5, 5.41) is 19.3. The van der Waals surface area contributed by atoms with Crippen molar-refractivity contribution in [3.8, 4) is 0 Å². The fraction of sp³-hybridized carbons (Fsp3) is 0.429. The highest BCUT2D eigenvalue weighted by molar-refractivity contribution is 6.35. The molecule has 0 radical (unpaired) electrons. The molecule has 0 aliphatic carbocycles. The fourth-order valence-electron chi connectivity index (χ4n) is 2.06. The van der Waals surface area contributed by atoms with Crippen LogP contribution in [0.4, 0.5) is 0 Å². The second-order valence-electron chi connectivity index (χ2n) is 5.28. The molecular weight excluding hydrogens is 311 g/mol. The average molecular weight is 329 g/mol. The zero-order chi connectivity index (χ0) is 15.5. The van der Waals surface area contributed by atoms with Crippen molar-refractivity contribution in [2.24, 2.45) is 0 Å². The van der Waals surface area contributed by atoms with Crippen LogP contribution < -0.4 is 5.32 Å². The van der Waals surface area contributed by atoms with E-state index >= 15 is 0 Å². The van der Waals surface area contributed by atoms with Crippen LogP contribution >= 0.6 is 23.2 Å². The molecular formula is C14H18Cl2N4O. The lowest BCUT2D eigenvalue weighted by molar-refractivity contribution is 0.0138. The van der Waals surface area contributed by atoms with Gasteiger partial charge in [0.1, 0.15) is 18.3 Å². The van der Waals surface area contributed by atoms with Gasteiger partial charge in [-0.25, -0.2) is 9.67 Å². The van der Waals surface area contributed by atoms with Crippen LogP contribution in [0.1, 0.15) is 19.4 Å². The maximum atomic E-state index is 11.1. The molecule has 0 bridgehead atoms. The monoisotopic (exact) mass is 328 g/mol. The van der Waals surface area contributed by atoms with Crippen molar-refractivity contribution in [2.45, 2.75) is 32.0 Å². The number of benzene rings is 1. The summed E-state index contributed by atoms with van der Waals surface area (Å²) in [5.74, 6) is 0. The quantitative estimate of drug-likeness (QED) is 0.855. The zero-order valence-corrected chi connectivity index (χ0v) is 13.4. The lowest BCUT2D eigenvalue weighted by Gasteiger charge is -2.30. The Morgan fingerprint density at radius 2 is 2.14 bits per heavy atom. The Labute approximate surface area is 133 Å². The Kier molecular flexibility index (Phi) is 5.22. The van der Waals surface area contributed by atoms with Crippen molar-refractivity contribution < 1.29 is 5.11 Å². The molecule has 0 amide bonds. The largest absolute Gasteiger partial charge is 0.382 e. The van der Waals surface area contributed by atoms with Gasteiger partial charge >= 0.3 is 0 Å². The van der Waals surface area contributed by atoms with E-state index in [1.165, 1.54) is 6.33 Å². The molecule has 0 saturated heterocycles. The minimum atomic E-state index is -1.21. The van der Waals surface area contributed by atoms with Crippen molar-refractivity contribution in [2.75, 3.05) is 6.54 Å². The summed E-state index contributed by atoms with van der Waals surface area (Å²) in [6, 6.07) is 5.31. The molecule has 2 aromatic rings. The molecule has 1 aromatic carbocycles. The van der Waals surface area contributed by atoms with Crippen LogP contribution in [-0.4, -0.2) is 32.5 Å². The molecule has 1 heterocycles. The van der Waals surface area contributed by atoms with E-state index in [9.17, 15) is 5.11 Å². The first-order valence-corrected chi connectivity index (χ1v) is 7.40. The number of hydrogen-bond acceptors (Lipinski definition) is 4. The van der Waals surface area contributed by atoms with Crippen LogP contribution in [0, 0.1) is 0 Å². The molecule has 0 aliphatic heterocycles. The van der Waals surface area contributed by atoms with Gasteiger partial charge in [0.05, 0.1) is 6.54 Å². The first-order valence-electron chi connectivity index (χ1n) is 6.64. The van der Waals surface area contributed by atoms with E-state index in [2.05, 4.69) is 15.4 Å². The van der Waals surface area contributed by atoms with Crippen LogP contribution in [-0.2, 0) is 12.1 Å². The number of nitrogens with zero attached hydrogens (tertiary/aromatic N) is 3. The molecule has 2 rings (SSSR count). The van der Waals surface area contributed by atoms with Gasteiger partial charge in [0, 0.05) is 28.2 Å². The molecule has 5 nitrogen and oxygen atoms in total. The van der Waals surface area contributed by atoms with Gasteiger partial charge in [-0.15, -0.1) is 0 Å². The zero-order valence-electron chi connectivity index (χ0n) is 11.9. The van der Waals surface area contributed by atoms with E-state index in [-0.39, 0.29) is 12.6 Å². The highest BCUT2D eigenvalue weighted by Crippen LogP contribution is 2.31. The summed E-state index contributed by atoms with van der Waals surface area (Å²) in [7, 11) is 0. The number of halogens is 2. The number of aliphatic hydroxyl groups is 1. The molecule has 0 fully saturated rings. The third-order valence-electron chi connectivity index (χ3n) is 3.13. The topological polar surface area (TPSA) is 63.0 Å². The molecule has 2 N–H and O–H groups in total. The van der Waals surface area contributed by atoms with Gasteiger partial charge in [-0.2, -0.15) is 5.10 Å². The Balaban J connectivity index is 2.34. The van der Waals surface area contributed by atoms with E-state index in [0.717, 1.165) is 0 Å². The first kappa shape index (κ1) is 16.2. The minimum Gasteiger partial charge on any atom is -0.382 e. The third-order valence-corrected chi connectivity index (χ3v) is 3.67. The Hall–Kier alpha value is -1.14. The molecule has 21 heavy (non-hydrogen) atoms. The van der Waals surface area contributed by atoms with Crippen molar-refractivity contribution >= 4 is 23.2 Å². The van der Waals surface area contributed by atoms with E-state index in [0.29, 0.717) is 22.2 Å². The normalized spacial score (nSPS) is 14.4. The lowest BCUT2D eigenvalue weighted by Crippen LogP contribution is -2.44. The predicted molar refractivity (Wildman–Crippen MR) is 83.5 cm³/mol. The Morgan fingerprint density at radius 1 is 1.38 bits per heavy atom. The number of nitrogens with one attached hydrogen (secondary N) is 1. The molecule has 0 aliphatic rings. The maximum absolute atomic E-state index is 11.1. The highest BCUT2D eigenvalue weighted by atomic mass is 35.5. The molecule has 0 spiro atoms. The SMILES string of the molecule is CC(C)NCC(O)(Cn1cncn1)c1ccc(Cl)cc1Cl. The fourth-order valence-corrected chi connectivity index (χ4v) is 2.64. The molecule has 1 unspecified atom stereocenters. The summed E-state index contributed by atoms with van der Waals surface area (Å²) in [4.78, 5) is 3.90. The van der Waals surface area contributed by atoms with Crippen LogP contribution in [0.3, 0.4) is 0 Å². The van der Waals surface area contributed by atoms with Crippen LogP contribution in [0.15, 0.2) is 30.9 Å². The number of hydrogen-bond donors (Lipinski definition) is 2. The van der Waals surface area contributed by atoms with Crippen LogP contribution in [0.25, 0.3) is 0 Å². The van der Waals surface area contributed by atoms with Crippen LogP contribution in [0.2, 0.25) is 10.0 Å². The first-order chi connectivity index (χ1) is 9.90. The van der Waals surface area contributed by atoms with Crippen molar-refractivity contribution in [3.05, 3.63) is 46.5 Å². The molecule has 0 saturated carbocycles. The van der Waals surface area contributed by atoms with E-state index in [1.807, 2.05) is 13.8 Å². The van der Waals surface area contributed by atoms with E-state index < -0.39 is 5.60 Å². The minimum absolute atomic E-state index is 0.235. The number of rotatable bonds is 6. The molecule has 7 heteroatoms. The molecule has 114 valence electrons. The van der Waals surface area contributed by atoms with E-state index in [1.54, 1.807) is 29.2 Å². The standard InChI is InChI=1S/C14H18Cl2N4O/c1-10(2)18-6-14(21,7-20-9-17-8-19-20)12-4-3-11(15)5-13(12)16/h3-5,8-10,18,21H,6-7H2,1-2H3. The van der Waals surface area contributed by atoms with Gasteiger partial charge in [-0.05, 0) is 12.1 Å². The summed E-state index contributed by atoms with van der Waals surface area (Å²) in [6.45, 7) is 4.61. The highest BCUT2D eigenvalue weighted by Gasteiger charge is 2.32. The van der Waals surface area contributed by atoms with Crippen LogP contribution in [0.5, 0.6) is 0 Å². The average Bonchev–Trinajstić information content (AvgIpc) is 2.89. The lowest BCUT2D eigenvalue weighted by atomic mass is 9.93. The summed E-state index contributed by atoms with van der Waals surface area (Å²) in [6.07, 6.45) is 2.99. The van der Waals surface area contributed by atoms with Gasteiger partial charge in [-0.1, -0.05) is 43.1 Å². The van der Waals surface area contributed by atoms with Crippen molar-refractivity contribution in [1.82, 2.24) is 20.1 Å². The van der Waals surface area contributed by atoms with Gasteiger partial charge in [0.15, 0.2) is 0 Å². The molecule has 1 atom stereocenters. The van der Waals surface area contributed by atoms with Crippen molar-refractivity contribution in [1.29, 1.82) is 0 Å². The van der Waals surface area contributed by atoms with Gasteiger partial charge < -0.3 is 10.4 Å². The van der Waals surface area contributed by atoms with Crippen molar-refractivity contribution in [3.63, 3.8) is 0 Å². The summed E-state index contributed by atoms with van der Waals surface area (Å²) in [5.41, 5.74) is -0.600. The van der Waals surface area contributed by atoms with Gasteiger partial charge in [-0.3, -0.25) is 0 Å². The third kappa shape index (κ3) is 4.17. The summed E-state index contributed by atoms with van der Waals surface area (Å²) < 4.78 is 1.58. The second kappa shape index (κ2) is 6.75. The molecule has 1 aromatic heterocycles. The Bertz CT molecular complexity index is 589.